The van der Waals surface area contributed by atoms with Crippen molar-refractivity contribution in [3.8, 4) is 0 Å². The monoisotopic (exact) mass is 1510 g/mol. The largest absolute Gasteiger partial charge is 0.454 e. The first-order valence-electron chi connectivity index (χ1n) is 36.9. The summed E-state index contributed by atoms with van der Waals surface area (Å²) in [5.74, 6) is -1.10. The Morgan fingerprint density at radius 3 is 1.57 bits per heavy atom. The Kier molecular flexibility index (Phi) is 27.6. The molecule has 7 heterocycles. The Balaban J connectivity index is 0.710. The Morgan fingerprint density at radius 2 is 0.990 bits per heavy atom. The van der Waals surface area contributed by atoms with E-state index in [2.05, 4.69) is 19.9 Å². The van der Waals surface area contributed by atoms with Gasteiger partial charge in [0.15, 0.2) is 50.1 Å². The molecule has 10 fully saturated rings. The molecule has 14 N–H and O–H groups in total. The van der Waals surface area contributed by atoms with Crippen LogP contribution in [0.15, 0.2) is 23.3 Å². The van der Waals surface area contributed by atoms with E-state index in [0.29, 0.717) is 32.1 Å². The summed E-state index contributed by atoms with van der Waals surface area (Å²) in [5, 5.41) is 153. The average Bonchev–Trinajstić information content (AvgIpc) is 1.61. The summed E-state index contributed by atoms with van der Waals surface area (Å²) in [7, 11) is 4.62. The van der Waals surface area contributed by atoms with Crippen LogP contribution in [-0.4, -0.2) is 346 Å². The maximum atomic E-state index is 14.1. The Labute approximate surface area is 609 Å². The fourth-order valence-electron chi connectivity index (χ4n) is 18.7. The van der Waals surface area contributed by atoms with E-state index < -0.39 is 253 Å². The third kappa shape index (κ3) is 17.0. The lowest BCUT2D eigenvalue weighted by molar-refractivity contribution is -0.378. The molecule has 105 heavy (non-hydrogen) atoms. The highest BCUT2D eigenvalue weighted by molar-refractivity contribution is 5.82. The lowest BCUT2D eigenvalue weighted by Crippen LogP contribution is -2.65. The van der Waals surface area contributed by atoms with Crippen molar-refractivity contribution < 1.29 is 166 Å². The summed E-state index contributed by atoms with van der Waals surface area (Å²) in [6, 6.07) is 0. The normalized spacial score (nSPS) is 50.9. The van der Waals surface area contributed by atoms with E-state index in [1.807, 2.05) is 13.8 Å². The van der Waals surface area contributed by atoms with Crippen LogP contribution in [0.3, 0.4) is 0 Å². The van der Waals surface area contributed by atoms with Gasteiger partial charge in [0.1, 0.15) is 134 Å². The molecule has 0 radical (unpaired) electrons. The van der Waals surface area contributed by atoms with Crippen LogP contribution in [0.5, 0.6) is 0 Å². The van der Waals surface area contributed by atoms with Crippen molar-refractivity contribution in [1.82, 2.24) is 0 Å². The van der Waals surface area contributed by atoms with Gasteiger partial charge in [0.2, 0.25) is 0 Å². The lowest BCUT2D eigenvalue weighted by atomic mass is 9.47. The molecule has 0 spiro atoms. The van der Waals surface area contributed by atoms with Gasteiger partial charge in [0.25, 0.3) is 0 Å². The van der Waals surface area contributed by atoms with Gasteiger partial charge in [0.05, 0.1) is 63.1 Å². The second kappa shape index (κ2) is 34.8. The number of carbonyl (C=O) groups is 2. The molecule has 0 aromatic heterocycles. The molecule has 11 rings (SSSR count). The summed E-state index contributed by atoms with van der Waals surface area (Å²) in [6.07, 6.45) is -38.0. The maximum absolute atomic E-state index is 14.1. The molecule has 34 heteroatoms. The predicted octanol–water partition coefficient (Wildman–Crippen LogP) is -3.12. The number of fused-ring (bicyclic) bond motifs is 5. The van der Waals surface area contributed by atoms with Crippen LogP contribution in [0.25, 0.3) is 0 Å². The van der Waals surface area contributed by atoms with Crippen LogP contribution in [0, 0.1) is 34.5 Å². The number of hydrogen-bond donors (Lipinski definition) is 14. The smallest absolute Gasteiger partial charge is 0.331 e. The quantitative estimate of drug-likeness (QED) is 0.0258. The summed E-state index contributed by atoms with van der Waals surface area (Å²) >= 11 is 0. The fraction of sp³-hybridized carbons (Fsp3) is 0.915. The van der Waals surface area contributed by atoms with Gasteiger partial charge < -0.3 is 157 Å². The fourth-order valence-corrected chi connectivity index (χ4v) is 18.7. The minimum atomic E-state index is -2.06. The van der Waals surface area contributed by atoms with Crippen molar-refractivity contribution in [2.75, 3.05) is 47.8 Å². The van der Waals surface area contributed by atoms with Gasteiger partial charge in [-0.25, -0.2) is 4.79 Å². The topological polar surface area (TPSA) is 484 Å². The van der Waals surface area contributed by atoms with Crippen LogP contribution in [0.2, 0.25) is 0 Å². The molecular formula is C71H114O34. The molecule has 0 bridgehead atoms. The van der Waals surface area contributed by atoms with Crippen LogP contribution in [0.4, 0.5) is 0 Å². The van der Waals surface area contributed by atoms with Gasteiger partial charge >= 0.3 is 5.97 Å². The second-order valence-corrected chi connectivity index (χ2v) is 31.3. The van der Waals surface area contributed by atoms with Gasteiger partial charge in [-0.1, -0.05) is 31.1 Å². The van der Waals surface area contributed by atoms with Gasteiger partial charge in [-0.2, -0.15) is 0 Å². The standard InChI is InChI=1S/C71H114O34/c1-27(2)18-44(75)102-60-29(4)93-45(21-38(60)88-9)103-61-30(5)94-46(22-39(61)89-10)104-62-31(6)95-68(59(87)63(62)90-11)96-33-14-16-70(7)32(19-33)12-13-34-35(70)15-17-71(8)36(34)20-37(47(71)28(3)74)97-66-57(85)54(82)50(78)42(100-66)26-92-69-64(105-67-58(86)53(81)49(77)41(24-73)99-67)55(83)51(79)43(101-69)25-91-65-56(84)52(80)48(76)40(23-72)98-65/h12,18,29-31,33-43,45-69,72-73,76-87H,13-17,19-26H2,1-11H3/t29-,30-,31-,33+,34-,35+,36+,37-,38+,39+,40-,41-,42-,43-,45+,46+,47+,48-,49-,50-,51-,52+,53+,54+,55+,56-,57-,58-,59-,60-,61-,62-,63-,64-,65-,66-,67+,68+,69-,70+,71+/m1/s1. The number of allylic oxidation sites excluding steroid dienone is 2. The van der Waals surface area contributed by atoms with Crippen molar-refractivity contribution in [3.05, 3.63) is 23.3 Å². The molecule has 0 unspecified atom stereocenters. The zero-order valence-corrected chi connectivity index (χ0v) is 61.3. The Morgan fingerprint density at radius 1 is 0.486 bits per heavy atom. The predicted molar refractivity (Wildman–Crippen MR) is 352 cm³/mol. The number of methoxy groups -OCH3 is 3. The summed E-state index contributed by atoms with van der Waals surface area (Å²) < 4.78 is 110. The Bertz CT molecular complexity index is 2910. The van der Waals surface area contributed by atoms with Gasteiger partial charge in [-0.3, -0.25) is 4.79 Å². The highest BCUT2D eigenvalue weighted by Gasteiger charge is 2.64. The first-order valence-corrected chi connectivity index (χ1v) is 36.9. The van der Waals surface area contributed by atoms with E-state index in [4.69, 9.17) is 85.3 Å². The number of aliphatic hydroxyl groups excluding tert-OH is 14. The molecule has 34 nitrogen and oxygen atoms in total. The number of rotatable bonds is 24. The summed E-state index contributed by atoms with van der Waals surface area (Å²) in [5.41, 5.74) is 1.20. The number of ketones is 1. The number of esters is 1. The maximum Gasteiger partial charge on any atom is 0.331 e. The third-order valence-corrected chi connectivity index (χ3v) is 24.4. The first-order chi connectivity index (χ1) is 49.8. The van der Waals surface area contributed by atoms with Gasteiger partial charge in [0, 0.05) is 46.2 Å². The second-order valence-electron chi connectivity index (χ2n) is 31.3. The van der Waals surface area contributed by atoms with Crippen molar-refractivity contribution in [3.63, 3.8) is 0 Å². The van der Waals surface area contributed by atoms with Crippen molar-refractivity contribution in [2.45, 2.75) is 328 Å². The number of carbonyl (C=O) groups excluding carboxylic acids is 2. The number of aliphatic hydroxyl groups is 14. The lowest BCUT2D eigenvalue weighted by Gasteiger charge is -2.58. The minimum Gasteiger partial charge on any atom is -0.454 e. The van der Waals surface area contributed by atoms with Crippen LogP contribution in [0.1, 0.15) is 113 Å². The van der Waals surface area contributed by atoms with E-state index in [1.54, 1.807) is 35.0 Å². The summed E-state index contributed by atoms with van der Waals surface area (Å²) in [6.45, 7) is 11.8. The molecular weight excluding hydrogens is 1400 g/mol. The van der Waals surface area contributed by atoms with E-state index in [-0.39, 0.29) is 47.9 Å². The molecule has 41 atom stereocenters. The molecule has 4 aliphatic carbocycles. The SMILES string of the molecule is CO[C@@H]1[C@@H](O)[C@H](O[C@H]2CC[C@@]3(C)C(=CC[C@H]4[C@@H]5C[C@@H](O[C@@H]6O[C@H](CO[C@@H]7O[C@H](CO[C@@H]8O[C@H](CO)[C@@H](O)[C@H](O)[C@H]8O)[C@@H](O)[C@H](O)[C@H]7O[C@@H]7O[C@H](CO)[C@@H](O)[C@H](O)[C@H]7O)[C@@H](O)[C@H](O)[C@H]6O)[C@H](C(C)=O)[C@@]5(C)CC[C@@H]43)C2)O[C@H](C)[C@H]1O[C@H]1C[C@H](OC)[C@H](O[C@H]2C[C@H](OC)[C@H](OC(=O)C=C(C)C)[C@@H](C)O2)[C@@H](C)O1. The number of hydrogen-bond acceptors (Lipinski definition) is 34. The number of ether oxygens (including phenoxy) is 18. The molecule has 7 aliphatic heterocycles. The average molecular weight is 1510 g/mol. The van der Waals surface area contributed by atoms with E-state index in [0.717, 1.165) is 18.4 Å². The van der Waals surface area contributed by atoms with Crippen LogP contribution >= 0.6 is 0 Å². The molecule has 602 valence electrons. The molecule has 3 saturated carbocycles. The third-order valence-electron chi connectivity index (χ3n) is 24.4. The minimum absolute atomic E-state index is 0.0606. The zero-order valence-electron chi connectivity index (χ0n) is 61.3. The molecule has 11 aliphatic rings. The van der Waals surface area contributed by atoms with Gasteiger partial charge in [-0.15, -0.1) is 0 Å². The first kappa shape index (κ1) is 83.3. The highest BCUT2D eigenvalue weighted by Crippen LogP contribution is 2.67. The highest BCUT2D eigenvalue weighted by atomic mass is 16.8. The molecule has 0 amide bonds. The van der Waals surface area contributed by atoms with E-state index in [1.165, 1.54) is 25.7 Å². The van der Waals surface area contributed by atoms with E-state index in [9.17, 15) is 81.1 Å². The van der Waals surface area contributed by atoms with Crippen molar-refractivity contribution in [2.24, 2.45) is 34.5 Å². The molecule has 0 aromatic carbocycles. The van der Waals surface area contributed by atoms with Crippen LogP contribution < -0.4 is 0 Å². The summed E-state index contributed by atoms with van der Waals surface area (Å²) in [4.78, 5) is 26.6. The van der Waals surface area contributed by atoms with Crippen LogP contribution in [-0.2, 0) is 94.9 Å². The Hall–Kier alpha value is -2.62. The van der Waals surface area contributed by atoms with Gasteiger partial charge in [-0.05, 0) is 115 Å². The van der Waals surface area contributed by atoms with Crippen molar-refractivity contribution >= 4 is 11.8 Å². The van der Waals surface area contributed by atoms with Crippen molar-refractivity contribution in [1.29, 1.82) is 0 Å². The molecule has 7 saturated heterocycles. The molecule has 0 aromatic rings. The number of Topliss-reactive ketones (excluding diaryl/α,β-unsaturated/α-hetero) is 1. The zero-order chi connectivity index (χ0) is 76.2. The van der Waals surface area contributed by atoms with E-state index >= 15 is 0 Å².